The molecule has 0 aliphatic heterocycles. The number of aromatic nitrogens is 7. The molecule has 180 valence electrons. The average Bonchev–Trinajstić information content (AvgIpc) is 3.58. The van der Waals surface area contributed by atoms with Crippen molar-refractivity contribution >= 4 is 33.5 Å². The number of fused-ring (bicyclic) bond motifs is 2. The molecule has 0 bridgehead atoms. The quantitative estimate of drug-likeness (QED) is 0.319. The third-order valence-electron chi connectivity index (χ3n) is 5.68. The predicted octanol–water partition coefficient (Wildman–Crippen LogP) is 5.76. The largest absolute Gasteiger partial charge is 0.573 e. The maximum absolute atomic E-state index is 12.4. The second-order valence-corrected chi connectivity index (χ2v) is 8.44. The van der Waals surface area contributed by atoms with E-state index < -0.39 is 6.36 Å². The minimum Gasteiger partial charge on any atom is -0.406 e. The normalized spacial score (nSPS) is 12.0. The molecular formula is C24H15ClF3N7O. The number of aromatic amines is 1. The SMILES string of the molecule is FC(F)(F)Oc1ccc(Cn2nccc2-c2cc(Cl)c3nnn(-c4ccc5cn[nH]c5c4)c3c2)cc1. The van der Waals surface area contributed by atoms with Crippen molar-refractivity contribution in [2.75, 3.05) is 0 Å². The zero-order valence-corrected chi connectivity index (χ0v) is 19.0. The highest BCUT2D eigenvalue weighted by molar-refractivity contribution is 6.35. The van der Waals surface area contributed by atoms with E-state index in [1.807, 2.05) is 30.3 Å². The predicted molar refractivity (Wildman–Crippen MR) is 127 cm³/mol. The van der Waals surface area contributed by atoms with Crippen LogP contribution in [0.1, 0.15) is 5.56 Å². The number of H-pyrrole nitrogens is 1. The molecule has 6 aromatic rings. The molecular weight excluding hydrogens is 495 g/mol. The van der Waals surface area contributed by atoms with Crippen molar-refractivity contribution in [2.24, 2.45) is 0 Å². The van der Waals surface area contributed by atoms with Crippen LogP contribution in [-0.4, -0.2) is 41.3 Å². The number of ether oxygens (including phenoxy) is 1. The van der Waals surface area contributed by atoms with Crippen LogP contribution in [0.2, 0.25) is 5.02 Å². The van der Waals surface area contributed by atoms with E-state index >= 15 is 0 Å². The van der Waals surface area contributed by atoms with Crippen LogP contribution in [0.5, 0.6) is 5.75 Å². The van der Waals surface area contributed by atoms with Crippen LogP contribution in [0.15, 0.2) is 73.1 Å². The maximum Gasteiger partial charge on any atom is 0.573 e. The molecule has 0 spiro atoms. The highest BCUT2D eigenvalue weighted by atomic mass is 35.5. The molecule has 0 fully saturated rings. The number of nitrogens with one attached hydrogen (secondary N) is 1. The molecule has 12 heteroatoms. The van der Waals surface area contributed by atoms with E-state index in [9.17, 15) is 13.2 Å². The highest BCUT2D eigenvalue weighted by Crippen LogP contribution is 2.31. The van der Waals surface area contributed by atoms with Gasteiger partial charge in [-0.25, -0.2) is 4.68 Å². The van der Waals surface area contributed by atoms with Gasteiger partial charge in [0.15, 0.2) is 0 Å². The van der Waals surface area contributed by atoms with Gasteiger partial charge in [-0.05, 0) is 54.1 Å². The molecule has 0 saturated heterocycles. The number of hydrogen-bond donors (Lipinski definition) is 1. The van der Waals surface area contributed by atoms with E-state index in [2.05, 4.69) is 30.3 Å². The van der Waals surface area contributed by atoms with Crippen LogP contribution < -0.4 is 4.74 Å². The van der Waals surface area contributed by atoms with Gasteiger partial charge in [0.1, 0.15) is 11.3 Å². The summed E-state index contributed by atoms with van der Waals surface area (Å²) in [5.41, 5.74) is 5.22. The number of halogens is 4. The van der Waals surface area contributed by atoms with Crippen LogP contribution in [0.25, 0.3) is 38.9 Å². The van der Waals surface area contributed by atoms with Crippen LogP contribution >= 0.6 is 11.6 Å². The third-order valence-corrected chi connectivity index (χ3v) is 5.97. The Labute approximate surface area is 205 Å². The molecule has 0 unspecified atom stereocenters. The summed E-state index contributed by atoms with van der Waals surface area (Å²) in [6, 6.07) is 17.0. The Balaban J connectivity index is 1.35. The Morgan fingerprint density at radius 2 is 1.83 bits per heavy atom. The summed E-state index contributed by atoms with van der Waals surface area (Å²) < 4.78 is 44.7. The number of hydrogen-bond acceptors (Lipinski definition) is 5. The molecule has 0 atom stereocenters. The van der Waals surface area contributed by atoms with Gasteiger partial charge in [-0.15, -0.1) is 18.3 Å². The number of benzene rings is 3. The van der Waals surface area contributed by atoms with Crippen molar-refractivity contribution in [1.82, 2.24) is 35.0 Å². The summed E-state index contributed by atoms with van der Waals surface area (Å²) in [5, 5.41) is 21.3. The summed E-state index contributed by atoms with van der Waals surface area (Å²) in [6.07, 6.45) is -1.35. The first-order chi connectivity index (χ1) is 17.3. The molecule has 0 aliphatic rings. The van der Waals surface area contributed by atoms with Crippen molar-refractivity contribution in [3.8, 4) is 22.7 Å². The van der Waals surface area contributed by atoms with E-state index in [1.165, 1.54) is 12.1 Å². The van der Waals surface area contributed by atoms with E-state index in [0.29, 0.717) is 22.6 Å². The van der Waals surface area contributed by atoms with Crippen LogP contribution in [-0.2, 0) is 6.54 Å². The summed E-state index contributed by atoms with van der Waals surface area (Å²) in [4.78, 5) is 0. The fourth-order valence-electron chi connectivity index (χ4n) is 4.05. The van der Waals surface area contributed by atoms with Crippen molar-refractivity contribution in [3.63, 3.8) is 0 Å². The first kappa shape index (κ1) is 22.1. The summed E-state index contributed by atoms with van der Waals surface area (Å²) in [5.74, 6) is -0.279. The van der Waals surface area contributed by atoms with Gasteiger partial charge in [-0.1, -0.05) is 28.9 Å². The van der Waals surface area contributed by atoms with Gasteiger partial charge in [-0.3, -0.25) is 9.78 Å². The molecule has 3 aromatic heterocycles. The molecule has 0 aliphatic carbocycles. The fraction of sp³-hybridized carbons (Fsp3) is 0.0833. The van der Waals surface area contributed by atoms with Gasteiger partial charge < -0.3 is 4.74 Å². The molecule has 0 saturated carbocycles. The summed E-state index contributed by atoms with van der Waals surface area (Å²) in [7, 11) is 0. The van der Waals surface area contributed by atoms with Crippen molar-refractivity contribution in [1.29, 1.82) is 0 Å². The Morgan fingerprint density at radius 1 is 1.00 bits per heavy atom. The minimum atomic E-state index is -4.74. The van der Waals surface area contributed by atoms with E-state index in [1.54, 1.807) is 40.0 Å². The number of rotatable bonds is 5. The fourth-order valence-corrected chi connectivity index (χ4v) is 4.30. The molecule has 8 nitrogen and oxygen atoms in total. The summed E-state index contributed by atoms with van der Waals surface area (Å²) in [6.45, 7) is 0.332. The van der Waals surface area contributed by atoms with Gasteiger partial charge in [-0.2, -0.15) is 10.2 Å². The highest BCUT2D eigenvalue weighted by Gasteiger charge is 2.31. The molecule has 0 radical (unpaired) electrons. The lowest BCUT2D eigenvalue weighted by Gasteiger charge is -2.11. The van der Waals surface area contributed by atoms with Gasteiger partial charge in [0.05, 0.1) is 40.2 Å². The first-order valence-electron chi connectivity index (χ1n) is 10.7. The Hall–Kier alpha value is -4.38. The lowest BCUT2D eigenvalue weighted by molar-refractivity contribution is -0.274. The Bertz CT molecular complexity index is 1700. The average molecular weight is 510 g/mol. The standard InChI is InChI=1S/C24H15ClF3N7O/c25-19-9-16(10-22-23(19)32-33-35(22)17-4-3-15-12-29-31-20(15)11-17)21-7-8-30-34(21)13-14-1-5-18(6-2-14)36-24(26,27)28/h1-12H,13H2,(H,29,31). The zero-order valence-electron chi connectivity index (χ0n) is 18.2. The van der Waals surface area contributed by atoms with E-state index in [0.717, 1.165) is 33.4 Å². The van der Waals surface area contributed by atoms with Gasteiger partial charge in [0, 0.05) is 17.1 Å². The van der Waals surface area contributed by atoms with Crippen LogP contribution in [0, 0.1) is 0 Å². The van der Waals surface area contributed by atoms with Crippen molar-refractivity contribution in [3.05, 3.63) is 83.6 Å². The smallest absolute Gasteiger partial charge is 0.406 e. The van der Waals surface area contributed by atoms with Crippen molar-refractivity contribution < 1.29 is 17.9 Å². The Kier molecular flexibility index (Phi) is 5.15. The third kappa shape index (κ3) is 4.13. The topological polar surface area (TPSA) is 86.4 Å². The maximum atomic E-state index is 12.4. The molecule has 1 N–H and O–H groups in total. The van der Waals surface area contributed by atoms with Crippen LogP contribution in [0.4, 0.5) is 13.2 Å². The molecule has 3 aromatic carbocycles. The molecule has 6 rings (SSSR count). The zero-order chi connectivity index (χ0) is 24.9. The lowest BCUT2D eigenvalue weighted by atomic mass is 10.1. The molecule has 0 amide bonds. The minimum absolute atomic E-state index is 0.279. The van der Waals surface area contributed by atoms with E-state index in [4.69, 9.17) is 11.6 Å². The number of alkyl halides is 3. The van der Waals surface area contributed by atoms with Gasteiger partial charge in [0.2, 0.25) is 0 Å². The van der Waals surface area contributed by atoms with Gasteiger partial charge >= 0.3 is 6.36 Å². The first-order valence-corrected chi connectivity index (χ1v) is 11.1. The summed E-state index contributed by atoms with van der Waals surface area (Å²) >= 11 is 6.57. The second-order valence-electron chi connectivity index (χ2n) is 8.03. The van der Waals surface area contributed by atoms with Gasteiger partial charge in [0.25, 0.3) is 0 Å². The monoisotopic (exact) mass is 509 g/mol. The molecule has 3 heterocycles. The lowest BCUT2D eigenvalue weighted by Crippen LogP contribution is -2.17. The van der Waals surface area contributed by atoms with Crippen molar-refractivity contribution in [2.45, 2.75) is 12.9 Å². The van der Waals surface area contributed by atoms with E-state index in [-0.39, 0.29) is 5.75 Å². The molecule has 36 heavy (non-hydrogen) atoms. The number of nitrogens with zero attached hydrogens (tertiary/aromatic N) is 6. The Morgan fingerprint density at radius 3 is 2.64 bits per heavy atom. The second kappa shape index (κ2) is 8.38. The van der Waals surface area contributed by atoms with Crippen LogP contribution in [0.3, 0.4) is 0 Å².